The van der Waals surface area contributed by atoms with Gasteiger partial charge in [0.15, 0.2) is 12.4 Å². The first-order valence-corrected chi connectivity index (χ1v) is 11.9. The third-order valence-electron chi connectivity index (χ3n) is 4.43. The van der Waals surface area contributed by atoms with Gasteiger partial charge in [0.05, 0.1) is 5.69 Å². The quantitative estimate of drug-likeness (QED) is 0.427. The molecule has 3 aromatic carbocycles. The molecule has 176 valence electrons. The SMILES string of the molecule is Cc1ccc(Oc2ccccc2NC(=O)COC(=O)CNS(=O)(=O)/C=C/c2ccccc2)cc1. The van der Waals surface area contributed by atoms with E-state index in [-0.39, 0.29) is 0 Å². The minimum atomic E-state index is -3.85. The standard InChI is InChI=1S/C25H24N2O6S/c1-19-11-13-21(14-12-19)33-23-10-6-5-9-22(23)27-24(28)18-32-25(29)17-26-34(30,31)16-15-20-7-3-2-4-8-20/h2-16,26H,17-18H2,1H3,(H,27,28)/b16-15+. The maximum atomic E-state index is 12.2. The number of hydrogen-bond acceptors (Lipinski definition) is 6. The molecule has 0 fully saturated rings. The minimum absolute atomic E-state index is 0.399. The molecule has 0 atom stereocenters. The van der Waals surface area contributed by atoms with E-state index >= 15 is 0 Å². The van der Waals surface area contributed by atoms with Crippen molar-refractivity contribution in [3.8, 4) is 11.5 Å². The number of amides is 1. The molecule has 0 bridgehead atoms. The average Bonchev–Trinajstić information content (AvgIpc) is 2.83. The lowest BCUT2D eigenvalue weighted by Gasteiger charge is -2.12. The van der Waals surface area contributed by atoms with Crippen molar-refractivity contribution in [2.24, 2.45) is 0 Å². The lowest BCUT2D eigenvalue weighted by atomic mass is 10.2. The lowest BCUT2D eigenvalue weighted by Crippen LogP contribution is -2.31. The van der Waals surface area contributed by atoms with E-state index in [2.05, 4.69) is 10.0 Å². The van der Waals surface area contributed by atoms with E-state index in [4.69, 9.17) is 9.47 Å². The normalized spacial score (nSPS) is 11.2. The number of esters is 1. The van der Waals surface area contributed by atoms with E-state index in [0.717, 1.165) is 11.0 Å². The summed E-state index contributed by atoms with van der Waals surface area (Å²) in [5.74, 6) is -0.465. The summed E-state index contributed by atoms with van der Waals surface area (Å²) in [6, 6.07) is 23.1. The highest BCUT2D eigenvalue weighted by atomic mass is 32.2. The Kier molecular flexibility index (Phi) is 8.55. The molecule has 0 aliphatic rings. The van der Waals surface area contributed by atoms with Crippen molar-refractivity contribution in [1.82, 2.24) is 4.72 Å². The van der Waals surface area contributed by atoms with Gasteiger partial charge in [-0.15, -0.1) is 0 Å². The Hall–Kier alpha value is -3.95. The summed E-state index contributed by atoms with van der Waals surface area (Å²) >= 11 is 0. The Bertz CT molecular complexity index is 1260. The summed E-state index contributed by atoms with van der Waals surface area (Å²) in [4.78, 5) is 24.1. The third kappa shape index (κ3) is 8.19. The van der Waals surface area contributed by atoms with Gasteiger partial charge >= 0.3 is 5.97 Å². The van der Waals surface area contributed by atoms with Crippen LogP contribution in [-0.4, -0.2) is 33.4 Å². The summed E-state index contributed by atoms with van der Waals surface area (Å²) < 4.78 is 36.8. The number of ether oxygens (including phenoxy) is 2. The molecule has 0 heterocycles. The first-order valence-electron chi connectivity index (χ1n) is 10.3. The van der Waals surface area contributed by atoms with E-state index in [1.807, 2.05) is 37.3 Å². The Labute approximate surface area is 198 Å². The maximum absolute atomic E-state index is 12.2. The second-order valence-electron chi connectivity index (χ2n) is 7.20. The molecule has 34 heavy (non-hydrogen) atoms. The van der Waals surface area contributed by atoms with Crippen LogP contribution >= 0.6 is 0 Å². The van der Waals surface area contributed by atoms with E-state index in [0.29, 0.717) is 22.7 Å². The van der Waals surface area contributed by atoms with Crippen LogP contribution in [0.5, 0.6) is 11.5 Å². The molecule has 0 aromatic heterocycles. The van der Waals surface area contributed by atoms with Crippen LogP contribution < -0.4 is 14.8 Å². The highest BCUT2D eigenvalue weighted by Crippen LogP contribution is 2.29. The number of benzene rings is 3. The fourth-order valence-electron chi connectivity index (χ4n) is 2.72. The number of para-hydroxylation sites is 2. The van der Waals surface area contributed by atoms with Crippen LogP contribution in [0.4, 0.5) is 5.69 Å². The summed E-state index contributed by atoms with van der Waals surface area (Å²) in [6.07, 6.45) is 1.40. The Balaban J connectivity index is 1.47. The van der Waals surface area contributed by atoms with E-state index in [1.165, 1.54) is 6.08 Å². The largest absolute Gasteiger partial charge is 0.455 e. The summed E-state index contributed by atoms with van der Waals surface area (Å²) in [5, 5.41) is 3.57. The van der Waals surface area contributed by atoms with E-state index < -0.39 is 35.1 Å². The summed E-state index contributed by atoms with van der Waals surface area (Å²) in [7, 11) is -3.85. The topological polar surface area (TPSA) is 111 Å². The van der Waals surface area contributed by atoms with Crippen LogP contribution in [0.3, 0.4) is 0 Å². The fourth-order valence-corrected chi connectivity index (χ4v) is 3.47. The molecule has 0 saturated carbocycles. The average molecular weight is 481 g/mol. The molecule has 8 nitrogen and oxygen atoms in total. The van der Waals surface area contributed by atoms with Gasteiger partial charge in [0.25, 0.3) is 5.91 Å². The molecule has 3 rings (SSSR count). The van der Waals surface area contributed by atoms with Crippen molar-refractivity contribution in [2.75, 3.05) is 18.5 Å². The van der Waals surface area contributed by atoms with Crippen LogP contribution in [0, 0.1) is 6.92 Å². The van der Waals surface area contributed by atoms with Crippen LogP contribution in [-0.2, 0) is 24.3 Å². The highest BCUT2D eigenvalue weighted by molar-refractivity contribution is 7.92. The van der Waals surface area contributed by atoms with Crippen molar-refractivity contribution < 1.29 is 27.5 Å². The second-order valence-corrected chi connectivity index (χ2v) is 8.85. The van der Waals surface area contributed by atoms with Gasteiger partial charge in [-0.1, -0.05) is 60.2 Å². The van der Waals surface area contributed by atoms with E-state index in [1.54, 1.807) is 48.5 Å². The molecular formula is C25H24N2O6S. The summed E-state index contributed by atoms with van der Waals surface area (Å²) in [6.45, 7) is 0.771. The minimum Gasteiger partial charge on any atom is -0.455 e. The van der Waals surface area contributed by atoms with Gasteiger partial charge in [-0.05, 0) is 42.8 Å². The number of nitrogens with one attached hydrogen (secondary N) is 2. The predicted octanol–water partition coefficient (Wildman–Crippen LogP) is 3.86. The molecule has 0 unspecified atom stereocenters. The van der Waals surface area contributed by atoms with Crippen molar-refractivity contribution in [2.45, 2.75) is 6.92 Å². The molecule has 3 aromatic rings. The number of sulfonamides is 1. The fraction of sp³-hybridized carbons (Fsp3) is 0.120. The van der Waals surface area contributed by atoms with Crippen LogP contribution in [0.15, 0.2) is 84.3 Å². The van der Waals surface area contributed by atoms with Crippen molar-refractivity contribution in [3.63, 3.8) is 0 Å². The second kappa shape index (κ2) is 11.8. The lowest BCUT2D eigenvalue weighted by molar-refractivity contribution is -0.146. The monoisotopic (exact) mass is 480 g/mol. The van der Waals surface area contributed by atoms with Crippen LogP contribution in [0.1, 0.15) is 11.1 Å². The molecule has 1 amide bonds. The molecule has 0 spiro atoms. The molecule has 0 radical (unpaired) electrons. The third-order valence-corrected chi connectivity index (χ3v) is 5.47. The number of carbonyl (C=O) groups excluding carboxylic acids is 2. The zero-order valence-electron chi connectivity index (χ0n) is 18.4. The summed E-state index contributed by atoms with van der Waals surface area (Å²) in [5.41, 5.74) is 2.18. The van der Waals surface area contributed by atoms with Crippen LogP contribution in [0.2, 0.25) is 0 Å². The molecule has 0 aliphatic carbocycles. The highest BCUT2D eigenvalue weighted by Gasteiger charge is 2.13. The van der Waals surface area contributed by atoms with Crippen molar-refractivity contribution in [3.05, 3.63) is 95.4 Å². The van der Waals surface area contributed by atoms with Crippen LogP contribution in [0.25, 0.3) is 6.08 Å². The molecule has 9 heteroatoms. The molecule has 0 aliphatic heterocycles. The van der Waals surface area contributed by atoms with Gasteiger partial charge in [-0.3, -0.25) is 9.59 Å². The zero-order chi connectivity index (χ0) is 24.4. The molecular weight excluding hydrogens is 456 g/mol. The number of carbonyl (C=O) groups is 2. The van der Waals surface area contributed by atoms with Gasteiger partial charge in [0.1, 0.15) is 12.3 Å². The van der Waals surface area contributed by atoms with Gasteiger partial charge in [0, 0.05) is 5.41 Å². The first-order chi connectivity index (χ1) is 16.3. The Morgan fingerprint density at radius 1 is 0.912 bits per heavy atom. The number of hydrogen-bond donors (Lipinski definition) is 2. The van der Waals surface area contributed by atoms with Crippen molar-refractivity contribution >= 4 is 33.7 Å². The zero-order valence-corrected chi connectivity index (χ0v) is 19.2. The predicted molar refractivity (Wildman–Crippen MR) is 130 cm³/mol. The smallest absolute Gasteiger partial charge is 0.321 e. The van der Waals surface area contributed by atoms with Gasteiger partial charge in [-0.2, -0.15) is 0 Å². The maximum Gasteiger partial charge on any atom is 0.321 e. The molecule has 0 saturated heterocycles. The first kappa shape index (κ1) is 24.7. The Morgan fingerprint density at radius 3 is 2.32 bits per heavy atom. The van der Waals surface area contributed by atoms with Gasteiger partial charge in [0.2, 0.25) is 10.0 Å². The number of rotatable bonds is 10. The molecule has 2 N–H and O–H groups in total. The van der Waals surface area contributed by atoms with Gasteiger partial charge in [-0.25, -0.2) is 13.1 Å². The van der Waals surface area contributed by atoms with Crippen molar-refractivity contribution in [1.29, 1.82) is 0 Å². The van der Waals surface area contributed by atoms with E-state index in [9.17, 15) is 18.0 Å². The Morgan fingerprint density at radius 2 is 1.59 bits per heavy atom. The number of aryl methyl sites for hydroxylation is 1. The number of anilines is 1. The van der Waals surface area contributed by atoms with Gasteiger partial charge < -0.3 is 14.8 Å².